The fourth-order valence-electron chi connectivity index (χ4n) is 2.02. The molecule has 0 aliphatic heterocycles. The van der Waals surface area contributed by atoms with Gasteiger partial charge in [-0.2, -0.15) is 0 Å². The van der Waals surface area contributed by atoms with Crippen LogP contribution in [0.15, 0.2) is 39.7 Å². The van der Waals surface area contributed by atoms with Crippen molar-refractivity contribution in [3.05, 3.63) is 52.1 Å². The number of furan rings is 1. The lowest BCUT2D eigenvalue weighted by Gasteiger charge is -2.17. The van der Waals surface area contributed by atoms with Crippen LogP contribution in [-0.4, -0.2) is 11.5 Å². The van der Waals surface area contributed by atoms with Crippen molar-refractivity contribution in [3.8, 4) is 0 Å². The molecule has 0 saturated heterocycles. The molecule has 0 radical (unpaired) electrons. The average molecular weight is 309 g/mol. The molecule has 0 amide bonds. The maximum atomic E-state index is 5.32. The SMILES string of the molecule is CCNC(Cc1ncccc1C)c1ccoc1Br. The van der Waals surface area contributed by atoms with Crippen molar-refractivity contribution in [2.45, 2.75) is 26.3 Å². The Kier molecular flexibility index (Phi) is 4.55. The highest BCUT2D eigenvalue weighted by Gasteiger charge is 2.17. The average Bonchev–Trinajstić information content (AvgIpc) is 2.78. The molecule has 0 spiro atoms. The Balaban J connectivity index is 2.22. The Morgan fingerprint density at radius 1 is 1.44 bits per heavy atom. The first-order valence-corrected chi connectivity index (χ1v) is 6.88. The summed E-state index contributed by atoms with van der Waals surface area (Å²) < 4.78 is 6.11. The highest BCUT2D eigenvalue weighted by Crippen LogP contribution is 2.27. The van der Waals surface area contributed by atoms with Gasteiger partial charge in [-0.3, -0.25) is 4.98 Å². The number of hydrogen-bond donors (Lipinski definition) is 1. The maximum Gasteiger partial charge on any atom is 0.173 e. The van der Waals surface area contributed by atoms with Gasteiger partial charge in [-0.25, -0.2) is 0 Å². The molecule has 3 nitrogen and oxygen atoms in total. The molecule has 0 aromatic carbocycles. The van der Waals surface area contributed by atoms with Gasteiger partial charge >= 0.3 is 0 Å². The van der Waals surface area contributed by atoms with Crippen LogP contribution < -0.4 is 5.32 Å². The predicted octanol–water partition coefficient (Wildman–Crippen LogP) is 3.64. The molecular formula is C14H17BrN2O. The van der Waals surface area contributed by atoms with Crippen molar-refractivity contribution in [2.24, 2.45) is 0 Å². The van der Waals surface area contributed by atoms with Gasteiger partial charge in [0.1, 0.15) is 0 Å². The number of hydrogen-bond acceptors (Lipinski definition) is 3. The Morgan fingerprint density at radius 2 is 2.28 bits per heavy atom. The largest absolute Gasteiger partial charge is 0.457 e. The standard InChI is InChI=1S/C14H17BrN2O/c1-3-16-13(11-6-8-18-14(11)15)9-12-10(2)5-4-7-17-12/h4-8,13,16H,3,9H2,1-2H3. The van der Waals surface area contributed by atoms with E-state index in [2.05, 4.69) is 46.1 Å². The van der Waals surface area contributed by atoms with E-state index in [1.54, 1.807) is 6.26 Å². The minimum atomic E-state index is 0.219. The summed E-state index contributed by atoms with van der Waals surface area (Å²) in [6.45, 7) is 5.11. The molecule has 2 rings (SSSR count). The number of pyridine rings is 1. The number of aromatic nitrogens is 1. The molecule has 1 unspecified atom stereocenters. The maximum absolute atomic E-state index is 5.32. The summed E-state index contributed by atoms with van der Waals surface area (Å²) in [7, 11) is 0. The smallest absolute Gasteiger partial charge is 0.173 e. The molecule has 4 heteroatoms. The van der Waals surface area contributed by atoms with Crippen LogP contribution in [0.25, 0.3) is 0 Å². The van der Waals surface area contributed by atoms with Crippen molar-refractivity contribution in [1.29, 1.82) is 0 Å². The molecule has 2 heterocycles. The third-order valence-corrected chi connectivity index (χ3v) is 3.63. The highest BCUT2D eigenvalue weighted by atomic mass is 79.9. The van der Waals surface area contributed by atoms with Gasteiger partial charge in [-0.05, 0) is 47.1 Å². The fourth-order valence-corrected chi connectivity index (χ4v) is 2.53. The van der Waals surface area contributed by atoms with Gasteiger partial charge in [0, 0.05) is 29.9 Å². The van der Waals surface area contributed by atoms with Gasteiger partial charge < -0.3 is 9.73 Å². The van der Waals surface area contributed by atoms with E-state index in [0.29, 0.717) is 0 Å². The Morgan fingerprint density at radius 3 is 2.89 bits per heavy atom. The molecule has 1 atom stereocenters. The zero-order chi connectivity index (χ0) is 13.0. The molecule has 18 heavy (non-hydrogen) atoms. The summed E-state index contributed by atoms with van der Waals surface area (Å²) >= 11 is 3.44. The van der Waals surface area contributed by atoms with E-state index in [1.807, 2.05) is 18.3 Å². The third kappa shape index (κ3) is 3.00. The lowest BCUT2D eigenvalue weighted by molar-refractivity contribution is 0.503. The van der Waals surface area contributed by atoms with Gasteiger partial charge in [0.15, 0.2) is 4.67 Å². The van der Waals surface area contributed by atoms with E-state index in [-0.39, 0.29) is 6.04 Å². The summed E-state index contributed by atoms with van der Waals surface area (Å²) in [5, 5.41) is 3.47. The fraction of sp³-hybridized carbons (Fsp3) is 0.357. The first-order chi connectivity index (χ1) is 8.72. The summed E-state index contributed by atoms with van der Waals surface area (Å²) in [5.74, 6) is 0. The van der Waals surface area contributed by atoms with Crippen LogP contribution in [0.5, 0.6) is 0 Å². The lowest BCUT2D eigenvalue weighted by Crippen LogP contribution is -2.23. The zero-order valence-corrected chi connectivity index (χ0v) is 12.2. The van der Waals surface area contributed by atoms with Gasteiger partial charge in [0.25, 0.3) is 0 Å². The summed E-state index contributed by atoms with van der Waals surface area (Å²) in [6.07, 6.45) is 4.41. The van der Waals surface area contributed by atoms with Crippen LogP contribution in [0.1, 0.15) is 29.8 Å². The van der Waals surface area contributed by atoms with Crippen molar-refractivity contribution < 1.29 is 4.42 Å². The van der Waals surface area contributed by atoms with Crippen LogP contribution in [0.3, 0.4) is 0 Å². The van der Waals surface area contributed by atoms with Crippen LogP contribution in [0.4, 0.5) is 0 Å². The minimum absolute atomic E-state index is 0.219. The number of nitrogens with one attached hydrogen (secondary N) is 1. The predicted molar refractivity (Wildman–Crippen MR) is 75.5 cm³/mol. The topological polar surface area (TPSA) is 38.1 Å². The van der Waals surface area contributed by atoms with Crippen LogP contribution in [-0.2, 0) is 6.42 Å². The Bertz CT molecular complexity index is 510. The molecule has 0 aliphatic rings. The monoisotopic (exact) mass is 308 g/mol. The lowest BCUT2D eigenvalue weighted by atomic mass is 10.0. The quantitative estimate of drug-likeness (QED) is 0.916. The normalized spacial score (nSPS) is 12.6. The number of rotatable bonds is 5. The molecule has 2 aromatic heterocycles. The molecule has 0 saturated carbocycles. The first-order valence-electron chi connectivity index (χ1n) is 6.09. The van der Waals surface area contributed by atoms with Crippen LogP contribution in [0.2, 0.25) is 0 Å². The van der Waals surface area contributed by atoms with Crippen molar-refractivity contribution >= 4 is 15.9 Å². The molecule has 0 fully saturated rings. The summed E-state index contributed by atoms with van der Waals surface area (Å²) in [5.41, 5.74) is 3.48. The van der Waals surface area contributed by atoms with E-state index in [9.17, 15) is 0 Å². The van der Waals surface area contributed by atoms with Gasteiger partial charge in [-0.15, -0.1) is 0 Å². The Hall–Kier alpha value is -1.13. The van der Waals surface area contributed by atoms with E-state index < -0.39 is 0 Å². The third-order valence-electron chi connectivity index (χ3n) is 2.99. The molecule has 0 bridgehead atoms. The van der Waals surface area contributed by atoms with Crippen LogP contribution in [0, 0.1) is 6.92 Å². The van der Waals surface area contributed by atoms with Gasteiger partial charge in [-0.1, -0.05) is 13.0 Å². The second-order valence-electron chi connectivity index (χ2n) is 4.23. The molecule has 1 N–H and O–H groups in total. The van der Waals surface area contributed by atoms with Gasteiger partial charge in [0.2, 0.25) is 0 Å². The summed E-state index contributed by atoms with van der Waals surface area (Å²) in [6, 6.07) is 6.28. The number of halogens is 1. The molecule has 2 aromatic rings. The highest BCUT2D eigenvalue weighted by molar-refractivity contribution is 9.10. The zero-order valence-electron chi connectivity index (χ0n) is 10.6. The van der Waals surface area contributed by atoms with Crippen molar-refractivity contribution in [1.82, 2.24) is 10.3 Å². The molecule has 96 valence electrons. The second kappa shape index (κ2) is 6.16. The Labute approximate surface area is 116 Å². The number of nitrogens with zero attached hydrogens (tertiary/aromatic N) is 1. The van der Waals surface area contributed by atoms with E-state index in [0.717, 1.165) is 28.9 Å². The molecule has 0 aliphatic carbocycles. The van der Waals surface area contributed by atoms with E-state index in [1.165, 1.54) is 5.56 Å². The van der Waals surface area contributed by atoms with Crippen molar-refractivity contribution in [3.63, 3.8) is 0 Å². The van der Waals surface area contributed by atoms with Crippen molar-refractivity contribution in [2.75, 3.05) is 6.54 Å². The molecular weight excluding hydrogens is 292 g/mol. The number of likely N-dealkylation sites (N-methyl/N-ethyl adjacent to an activating group) is 1. The van der Waals surface area contributed by atoms with E-state index >= 15 is 0 Å². The number of aryl methyl sites for hydroxylation is 1. The van der Waals surface area contributed by atoms with E-state index in [4.69, 9.17) is 4.42 Å². The second-order valence-corrected chi connectivity index (χ2v) is 4.95. The minimum Gasteiger partial charge on any atom is -0.457 e. The summed E-state index contributed by atoms with van der Waals surface area (Å²) in [4.78, 5) is 4.45. The van der Waals surface area contributed by atoms with Gasteiger partial charge in [0.05, 0.1) is 6.26 Å². The first kappa shape index (κ1) is 13.3. The van der Waals surface area contributed by atoms with Crippen LogP contribution >= 0.6 is 15.9 Å².